The first-order chi connectivity index (χ1) is 10.6. The van der Waals surface area contributed by atoms with E-state index in [2.05, 4.69) is 14.9 Å². The third-order valence-electron chi connectivity index (χ3n) is 4.58. The molecule has 2 fully saturated rings. The van der Waals surface area contributed by atoms with Crippen LogP contribution >= 0.6 is 23.2 Å². The van der Waals surface area contributed by atoms with E-state index in [0.717, 1.165) is 18.9 Å². The highest BCUT2D eigenvalue weighted by molar-refractivity contribution is 6.43. The van der Waals surface area contributed by atoms with Crippen molar-refractivity contribution >= 4 is 34.8 Å². The lowest BCUT2D eigenvalue weighted by Gasteiger charge is -2.20. The van der Waals surface area contributed by atoms with Gasteiger partial charge in [-0.05, 0) is 17.9 Å². The molecule has 114 valence electrons. The van der Waals surface area contributed by atoms with Gasteiger partial charge in [-0.15, -0.1) is 0 Å². The maximum absolute atomic E-state index is 6.23. The van der Waals surface area contributed by atoms with E-state index in [1.165, 1.54) is 0 Å². The molecule has 1 aromatic heterocycles. The highest BCUT2D eigenvalue weighted by Crippen LogP contribution is 2.45. The fourth-order valence-corrected chi connectivity index (χ4v) is 3.59. The number of aromatic nitrogens is 2. The number of nitrogen functional groups attached to an aromatic ring is 1. The first-order valence-electron chi connectivity index (χ1n) is 7.13. The second-order valence-electron chi connectivity index (χ2n) is 5.87. The summed E-state index contributed by atoms with van der Waals surface area (Å²) in [5.74, 6) is 2.32. The lowest BCUT2D eigenvalue weighted by Crippen LogP contribution is -2.29. The summed E-state index contributed by atoms with van der Waals surface area (Å²) < 4.78 is 0. The topological polar surface area (TPSA) is 81.1 Å². The summed E-state index contributed by atoms with van der Waals surface area (Å²) in [6.45, 7) is 1.86. The van der Waals surface area contributed by atoms with Gasteiger partial charge in [0.25, 0.3) is 0 Å². The first-order valence-corrected chi connectivity index (χ1v) is 7.89. The fraction of sp³-hybridized carbons (Fsp3) is 0.333. The third kappa shape index (κ3) is 2.12. The highest BCUT2D eigenvalue weighted by atomic mass is 35.5. The summed E-state index contributed by atoms with van der Waals surface area (Å²) in [6.07, 6.45) is 1.74. The Morgan fingerprint density at radius 3 is 2.59 bits per heavy atom. The van der Waals surface area contributed by atoms with Gasteiger partial charge in [-0.25, -0.2) is 9.97 Å². The number of benzene rings is 1. The molecule has 4 rings (SSSR count). The average molecular weight is 336 g/mol. The normalized spacial score (nSPS) is 26.1. The number of anilines is 2. The van der Waals surface area contributed by atoms with E-state index >= 15 is 0 Å². The minimum atomic E-state index is 0.353. The molecule has 5 nitrogen and oxygen atoms in total. The van der Waals surface area contributed by atoms with Gasteiger partial charge >= 0.3 is 0 Å². The average Bonchev–Trinajstić information content (AvgIpc) is 2.93. The van der Waals surface area contributed by atoms with Crippen LogP contribution in [0.4, 0.5) is 11.6 Å². The third-order valence-corrected chi connectivity index (χ3v) is 5.40. The van der Waals surface area contributed by atoms with E-state index in [1.54, 1.807) is 12.3 Å². The largest absolute Gasteiger partial charge is 0.382 e. The van der Waals surface area contributed by atoms with Gasteiger partial charge in [-0.2, -0.15) is 0 Å². The molecule has 2 unspecified atom stereocenters. The smallest absolute Gasteiger partial charge is 0.152 e. The maximum atomic E-state index is 6.23. The number of rotatable bonds is 2. The summed E-state index contributed by atoms with van der Waals surface area (Å²) in [5.41, 5.74) is 13.3. The number of fused-ring (bicyclic) bond motifs is 1. The second kappa shape index (κ2) is 4.98. The summed E-state index contributed by atoms with van der Waals surface area (Å²) >= 11 is 12.3. The van der Waals surface area contributed by atoms with Gasteiger partial charge in [0.2, 0.25) is 0 Å². The van der Waals surface area contributed by atoms with Crippen LogP contribution in [-0.4, -0.2) is 29.1 Å². The van der Waals surface area contributed by atoms with Gasteiger partial charge in [0.15, 0.2) is 5.82 Å². The van der Waals surface area contributed by atoms with Crippen LogP contribution in [0.5, 0.6) is 0 Å². The molecular weight excluding hydrogens is 321 g/mol. The first kappa shape index (κ1) is 14.1. The van der Waals surface area contributed by atoms with E-state index in [0.29, 0.717) is 45.0 Å². The van der Waals surface area contributed by atoms with Crippen molar-refractivity contribution in [1.82, 2.24) is 9.97 Å². The highest BCUT2D eigenvalue weighted by Gasteiger charge is 2.53. The molecule has 1 aromatic carbocycles. The summed E-state index contributed by atoms with van der Waals surface area (Å²) in [4.78, 5) is 11.1. The molecule has 22 heavy (non-hydrogen) atoms. The predicted molar refractivity (Wildman–Crippen MR) is 89.1 cm³/mol. The number of halogens is 2. The predicted octanol–water partition coefficient (Wildman–Crippen LogP) is 2.43. The molecule has 0 radical (unpaired) electrons. The Labute approximate surface area is 138 Å². The Morgan fingerprint density at radius 1 is 1.18 bits per heavy atom. The molecule has 0 bridgehead atoms. The Bertz CT molecular complexity index is 739. The molecular formula is C15H15Cl2N5. The van der Waals surface area contributed by atoms with Crippen LogP contribution < -0.4 is 16.4 Å². The molecule has 0 amide bonds. The standard InChI is InChI=1S/C15H15Cl2N5/c16-10-3-1-2-7(12(10)17)14-15(19)21-11(4-20-14)22-5-8-9(6-22)13(8)18/h1-4,8-9,13H,5-6,18H2,(H2,19,21). The zero-order chi connectivity index (χ0) is 15.4. The van der Waals surface area contributed by atoms with Crippen LogP contribution in [-0.2, 0) is 0 Å². The summed E-state index contributed by atoms with van der Waals surface area (Å²) in [7, 11) is 0. The molecule has 2 atom stereocenters. The summed E-state index contributed by atoms with van der Waals surface area (Å²) in [6, 6.07) is 5.73. The van der Waals surface area contributed by atoms with Crippen LogP contribution in [0.1, 0.15) is 0 Å². The van der Waals surface area contributed by atoms with E-state index in [9.17, 15) is 0 Å². The van der Waals surface area contributed by atoms with Crippen molar-refractivity contribution in [3.63, 3.8) is 0 Å². The monoisotopic (exact) mass is 335 g/mol. The number of nitrogens with zero attached hydrogens (tertiary/aromatic N) is 3. The molecule has 1 aliphatic heterocycles. The molecule has 1 saturated carbocycles. The van der Waals surface area contributed by atoms with Gasteiger partial charge in [-0.1, -0.05) is 35.3 Å². The fourth-order valence-electron chi connectivity index (χ4n) is 3.20. The van der Waals surface area contributed by atoms with E-state index < -0.39 is 0 Å². The molecule has 4 N–H and O–H groups in total. The zero-order valence-electron chi connectivity index (χ0n) is 11.7. The van der Waals surface area contributed by atoms with Crippen molar-refractivity contribution in [2.75, 3.05) is 23.7 Å². The number of piperidine rings is 1. The van der Waals surface area contributed by atoms with Crippen LogP contribution in [0.2, 0.25) is 10.0 Å². The zero-order valence-corrected chi connectivity index (χ0v) is 13.2. The Balaban J connectivity index is 1.65. The van der Waals surface area contributed by atoms with Gasteiger partial charge in [0.05, 0.1) is 16.2 Å². The number of nitrogens with two attached hydrogens (primary N) is 2. The van der Waals surface area contributed by atoms with Crippen LogP contribution in [0.3, 0.4) is 0 Å². The van der Waals surface area contributed by atoms with E-state index in [-0.39, 0.29) is 0 Å². The second-order valence-corrected chi connectivity index (χ2v) is 6.66. The number of hydrogen-bond acceptors (Lipinski definition) is 5. The van der Waals surface area contributed by atoms with Crippen molar-refractivity contribution in [2.24, 2.45) is 17.6 Å². The molecule has 0 spiro atoms. The van der Waals surface area contributed by atoms with E-state index in [4.69, 9.17) is 34.7 Å². The lowest BCUT2D eigenvalue weighted by atomic mass is 10.1. The van der Waals surface area contributed by atoms with Crippen LogP contribution in [0.25, 0.3) is 11.3 Å². The molecule has 2 aliphatic rings. The van der Waals surface area contributed by atoms with E-state index in [1.807, 2.05) is 12.1 Å². The Kier molecular flexibility index (Phi) is 3.18. The van der Waals surface area contributed by atoms with Crippen molar-refractivity contribution in [1.29, 1.82) is 0 Å². The minimum Gasteiger partial charge on any atom is -0.382 e. The van der Waals surface area contributed by atoms with Crippen molar-refractivity contribution in [2.45, 2.75) is 6.04 Å². The summed E-state index contributed by atoms with van der Waals surface area (Å²) in [5, 5.41) is 0.907. The minimum absolute atomic E-state index is 0.353. The number of hydrogen-bond donors (Lipinski definition) is 2. The molecule has 7 heteroatoms. The van der Waals surface area contributed by atoms with Gasteiger partial charge in [0.1, 0.15) is 11.5 Å². The van der Waals surface area contributed by atoms with Gasteiger partial charge in [0, 0.05) is 24.7 Å². The van der Waals surface area contributed by atoms with Gasteiger partial charge in [-0.3, -0.25) is 0 Å². The van der Waals surface area contributed by atoms with Crippen molar-refractivity contribution in [3.8, 4) is 11.3 Å². The van der Waals surface area contributed by atoms with Gasteiger partial charge < -0.3 is 16.4 Å². The molecule has 2 aromatic rings. The van der Waals surface area contributed by atoms with Crippen molar-refractivity contribution < 1.29 is 0 Å². The maximum Gasteiger partial charge on any atom is 0.152 e. The lowest BCUT2D eigenvalue weighted by molar-refractivity contribution is 0.734. The van der Waals surface area contributed by atoms with Crippen LogP contribution in [0, 0.1) is 11.8 Å². The van der Waals surface area contributed by atoms with Crippen molar-refractivity contribution in [3.05, 3.63) is 34.4 Å². The Hall–Kier alpha value is -1.56. The SMILES string of the molecule is Nc1nc(N2CC3C(N)C3C2)cnc1-c1cccc(Cl)c1Cl. The molecule has 1 aliphatic carbocycles. The molecule has 2 heterocycles. The quantitative estimate of drug-likeness (QED) is 0.880. The molecule has 1 saturated heterocycles. The van der Waals surface area contributed by atoms with Crippen LogP contribution in [0.15, 0.2) is 24.4 Å². The Morgan fingerprint density at radius 2 is 1.91 bits per heavy atom.